The van der Waals surface area contributed by atoms with Crippen LogP contribution in [0.5, 0.6) is 0 Å². The van der Waals surface area contributed by atoms with E-state index >= 15 is 0 Å². The average Bonchev–Trinajstić information content (AvgIpc) is 3.97. The van der Waals surface area contributed by atoms with Crippen LogP contribution in [-0.2, 0) is 19.1 Å². The normalized spacial score (nSPS) is 19.4. The van der Waals surface area contributed by atoms with Crippen molar-refractivity contribution in [1.29, 1.82) is 0 Å². The van der Waals surface area contributed by atoms with E-state index in [1.54, 1.807) is 88.8 Å². The molecule has 4 amide bonds. The zero-order chi connectivity index (χ0) is 41.9. The fourth-order valence-electron chi connectivity index (χ4n) is 7.61. The van der Waals surface area contributed by atoms with E-state index in [-0.39, 0.29) is 35.8 Å². The Morgan fingerprint density at radius 3 is 1.41 bits per heavy atom. The number of benzene rings is 4. The Balaban J connectivity index is 0.982. The summed E-state index contributed by atoms with van der Waals surface area (Å²) in [6.07, 6.45) is 1.84. The SMILES string of the molecule is CC(C)(C)O[C@@H]1C[C@@H](C(=O)Nc2ccc(-c3cnc(-c4ccc(NC(=O)[C@@H]5C[C@@H](OC(C)(C)C)CN5C(=O)c5ccccc5)cc4)o3)cc2)N(C(=O)c2ccccc2)C1. The third-order valence-corrected chi connectivity index (χ3v) is 10.1. The summed E-state index contributed by atoms with van der Waals surface area (Å²) >= 11 is 0. The Labute approximate surface area is 344 Å². The second-order valence-corrected chi connectivity index (χ2v) is 17.0. The lowest BCUT2D eigenvalue weighted by atomic mass is 10.1. The molecule has 59 heavy (non-hydrogen) atoms. The van der Waals surface area contributed by atoms with Gasteiger partial charge in [-0.25, -0.2) is 4.98 Å². The lowest BCUT2D eigenvalue weighted by Crippen LogP contribution is -2.43. The van der Waals surface area contributed by atoms with E-state index in [4.69, 9.17) is 13.9 Å². The van der Waals surface area contributed by atoms with Crippen molar-refractivity contribution in [3.05, 3.63) is 127 Å². The second kappa shape index (κ2) is 17.0. The third kappa shape index (κ3) is 10.1. The predicted molar refractivity (Wildman–Crippen MR) is 226 cm³/mol. The van der Waals surface area contributed by atoms with Crippen molar-refractivity contribution in [2.24, 2.45) is 0 Å². The molecule has 5 aromatic rings. The van der Waals surface area contributed by atoms with Crippen molar-refractivity contribution in [3.8, 4) is 22.8 Å². The van der Waals surface area contributed by atoms with Gasteiger partial charge in [-0.05, 0) is 114 Å². The first-order valence-electron chi connectivity index (χ1n) is 20.0. The highest BCUT2D eigenvalue weighted by Crippen LogP contribution is 2.31. The van der Waals surface area contributed by atoms with Crippen LogP contribution in [0.25, 0.3) is 22.8 Å². The maximum atomic E-state index is 13.7. The maximum absolute atomic E-state index is 13.7. The van der Waals surface area contributed by atoms with Crippen molar-refractivity contribution >= 4 is 35.0 Å². The second-order valence-electron chi connectivity index (χ2n) is 17.0. The molecule has 7 rings (SSSR count). The maximum Gasteiger partial charge on any atom is 0.254 e. The van der Waals surface area contributed by atoms with Crippen LogP contribution in [0.1, 0.15) is 75.1 Å². The van der Waals surface area contributed by atoms with Gasteiger partial charge in [0.25, 0.3) is 11.8 Å². The number of ether oxygens (including phenoxy) is 2. The molecule has 4 atom stereocenters. The number of likely N-dealkylation sites (tertiary alicyclic amines) is 2. The summed E-state index contributed by atoms with van der Waals surface area (Å²) in [6.45, 7) is 12.4. The number of oxazole rings is 1. The highest BCUT2D eigenvalue weighted by atomic mass is 16.5. The number of amides is 4. The topological polar surface area (TPSA) is 143 Å². The monoisotopic (exact) mass is 797 g/mol. The smallest absolute Gasteiger partial charge is 0.254 e. The molecule has 2 aliphatic heterocycles. The number of carbonyl (C=O) groups excluding carboxylic acids is 4. The van der Waals surface area contributed by atoms with E-state index < -0.39 is 23.3 Å². The van der Waals surface area contributed by atoms with Crippen molar-refractivity contribution in [2.45, 2.75) is 89.9 Å². The summed E-state index contributed by atoms with van der Waals surface area (Å²) in [6, 6.07) is 30.9. The molecule has 12 heteroatoms. The molecule has 2 aliphatic rings. The van der Waals surface area contributed by atoms with Crippen LogP contribution in [0, 0.1) is 0 Å². The molecule has 0 saturated carbocycles. The predicted octanol–water partition coefficient (Wildman–Crippen LogP) is 8.08. The minimum atomic E-state index is -0.703. The Morgan fingerprint density at radius 2 is 1.00 bits per heavy atom. The van der Waals surface area contributed by atoms with Gasteiger partial charge in [0.05, 0.1) is 29.6 Å². The summed E-state index contributed by atoms with van der Waals surface area (Å²) in [5, 5.41) is 5.97. The highest BCUT2D eigenvalue weighted by molar-refractivity contribution is 6.02. The van der Waals surface area contributed by atoms with E-state index in [0.29, 0.717) is 65.6 Å². The van der Waals surface area contributed by atoms with Crippen LogP contribution in [0.4, 0.5) is 11.4 Å². The number of carbonyl (C=O) groups is 4. The van der Waals surface area contributed by atoms with Crippen molar-refractivity contribution < 1.29 is 33.1 Å². The molecular formula is C47H51N5O7. The minimum Gasteiger partial charge on any atom is -0.436 e. The number of hydrogen-bond acceptors (Lipinski definition) is 8. The number of rotatable bonds is 10. The van der Waals surface area contributed by atoms with E-state index in [1.807, 2.05) is 77.9 Å². The number of anilines is 2. The molecule has 1 aromatic heterocycles. The molecule has 2 saturated heterocycles. The quantitative estimate of drug-likeness (QED) is 0.144. The van der Waals surface area contributed by atoms with Crippen molar-refractivity contribution in [2.75, 3.05) is 23.7 Å². The first kappa shape index (κ1) is 41.1. The first-order chi connectivity index (χ1) is 28.1. The number of hydrogen-bond donors (Lipinski definition) is 2. The molecule has 0 radical (unpaired) electrons. The van der Waals surface area contributed by atoms with E-state index in [9.17, 15) is 19.2 Å². The van der Waals surface area contributed by atoms with Crippen LogP contribution in [0.3, 0.4) is 0 Å². The zero-order valence-electron chi connectivity index (χ0n) is 34.3. The van der Waals surface area contributed by atoms with E-state index in [2.05, 4.69) is 15.6 Å². The van der Waals surface area contributed by atoms with Crippen LogP contribution in [0.15, 0.2) is 120 Å². The van der Waals surface area contributed by atoms with Crippen molar-refractivity contribution in [3.63, 3.8) is 0 Å². The van der Waals surface area contributed by atoms with Gasteiger partial charge in [-0.15, -0.1) is 0 Å². The lowest BCUT2D eigenvalue weighted by molar-refractivity contribution is -0.120. The van der Waals surface area contributed by atoms with E-state index in [0.717, 1.165) is 5.56 Å². The minimum absolute atomic E-state index is 0.213. The summed E-state index contributed by atoms with van der Waals surface area (Å²) < 4.78 is 18.5. The Hall–Kier alpha value is -6.11. The fourth-order valence-corrected chi connectivity index (χ4v) is 7.61. The zero-order valence-corrected chi connectivity index (χ0v) is 34.3. The van der Waals surface area contributed by atoms with Gasteiger partial charge in [0.2, 0.25) is 17.7 Å². The molecular weight excluding hydrogens is 747 g/mol. The van der Waals surface area contributed by atoms with Crippen LogP contribution in [0.2, 0.25) is 0 Å². The van der Waals surface area contributed by atoms with Gasteiger partial charge in [0.1, 0.15) is 12.1 Å². The van der Waals surface area contributed by atoms with Crippen molar-refractivity contribution in [1.82, 2.24) is 14.8 Å². The first-order valence-corrected chi connectivity index (χ1v) is 20.0. The van der Waals surface area contributed by atoms with Crippen LogP contribution in [-0.4, -0.2) is 87.0 Å². The molecule has 4 aromatic carbocycles. The molecule has 306 valence electrons. The van der Waals surface area contributed by atoms with Gasteiger partial charge in [-0.1, -0.05) is 36.4 Å². The number of nitrogens with one attached hydrogen (secondary N) is 2. The third-order valence-electron chi connectivity index (χ3n) is 10.1. The summed E-state index contributed by atoms with van der Waals surface area (Å²) in [5.41, 5.74) is 2.79. The Bertz CT molecular complexity index is 2100. The molecule has 0 aliphatic carbocycles. The Morgan fingerprint density at radius 1 is 0.593 bits per heavy atom. The molecule has 0 unspecified atom stereocenters. The largest absolute Gasteiger partial charge is 0.436 e. The molecule has 2 N–H and O–H groups in total. The summed E-state index contributed by atoms with van der Waals surface area (Å²) in [7, 11) is 0. The fraction of sp³-hybridized carbons (Fsp3) is 0.340. The van der Waals surface area contributed by atoms with Gasteiger partial charge < -0.3 is 34.3 Å². The highest BCUT2D eigenvalue weighted by Gasteiger charge is 2.43. The van der Waals surface area contributed by atoms with Crippen LogP contribution >= 0.6 is 0 Å². The number of nitrogens with zero attached hydrogens (tertiary/aromatic N) is 3. The molecule has 0 spiro atoms. The average molecular weight is 798 g/mol. The lowest BCUT2D eigenvalue weighted by Gasteiger charge is -2.25. The van der Waals surface area contributed by atoms with Crippen LogP contribution < -0.4 is 10.6 Å². The molecule has 12 nitrogen and oxygen atoms in total. The van der Waals surface area contributed by atoms with Gasteiger partial charge >= 0.3 is 0 Å². The number of aromatic nitrogens is 1. The standard InChI is InChI=1S/C47H51N5O7/c1-46(2,3)58-36-25-38(51(28-36)44(55)32-13-9-7-10-14-32)41(53)49-34-21-17-30(18-22-34)40-27-48-43(57-40)31-19-23-35(24-20-31)50-42(54)39-26-37(59-47(4,5)6)29-52(39)45(56)33-15-11-8-12-16-33/h7-24,27,36-39H,25-26,28-29H2,1-6H3,(H,49,53)(H,50,54)/t36-,37-,38+,39+/m1/s1. The van der Waals surface area contributed by atoms with Gasteiger partial charge in [0, 0.05) is 59.6 Å². The van der Waals surface area contributed by atoms with Gasteiger partial charge in [0.15, 0.2) is 5.76 Å². The Kier molecular flexibility index (Phi) is 11.8. The van der Waals surface area contributed by atoms with Gasteiger partial charge in [-0.3, -0.25) is 19.2 Å². The molecule has 2 fully saturated rings. The molecule has 0 bridgehead atoms. The van der Waals surface area contributed by atoms with Gasteiger partial charge in [-0.2, -0.15) is 0 Å². The van der Waals surface area contributed by atoms with E-state index in [1.165, 1.54) is 0 Å². The summed E-state index contributed by atoms with van der Waals surface area (Å²) in [4.78, 5) is 62.0. The summed E-state index contributed by atoms with van der Waals surface area (Å²) in [5.74, 6) is -0.0834. The molecule has 3 heterocycles.